The molecule has 93 valence electrons. The molecule has 0 bridgehead atoms. The molecule has 0 spiro atoms. The maximum Gasteiger partial charge on any atom is 0.235 e. The molecule has 0 saturated heterocycles. The minimum atomic E-state index is 0. The zero-order valence-electron chi connectivity index (χ0n) is 9.99. The van der Waals surface area contributed by atoms with Crippen molar-refractivity contribution >= 4 is 50.1 Å². The summed E-state index contributed by atoms with van der Waals surface area (Å²) in [4.78, 5) is 13.9. The third kappa shape index (κ3) is 3.44. The second kappa shape index (κ2) is 7.51. The smallest absolute Gasteiger partial charge is 0.235 e. The number of carbonyl (C=O) groups is 1. The second-order valence-electron chi connectivity index (χ2n) is 3.76. The number of halogens is 2. The van der Waals surface area contributed by atoms with Crippen LogP contribution in [0, 0.1) is 6.08 Å². The van der Waals surface area contributed by atoms with Crippen molar-refractivity contribution in [2.75, 3.05) is 6.54 Å². The first-order valence-corrected chi connectivity index (χ1v) is 7.50. The third-order valence-electron chi connectivity index (χ3n) is 2.70. The number of alkyl halides is 1. The Bertz CT molecular complexity index is 478. The first kappa shape index (κ1) is 16.8. The van der Waals surface area contributed by atoms with Gasteiger partial charge in [-0.1, -0.05) is 67.6 Å². The van der Waals surface area contributed by atoms with E-state index < -0.39 is 0 Å². The van der Waals surface area contributed by atoms with Crippen LogP contribution in [-0.2, 0) is 37.5 Å². The largest absolute Gasteiger partial charge is 0.347 e. The van der Waals surface area contributed by atoms with E-state index in [4.69, 9.17) is 0 Å². The van der Waals surface area contributed by atoms with E-state index in [0.29, 0.717) is 13.0 Å². The maximum absolute atomic E-state index is 12.1. The topological polar surface area (TPSA) is 20.3 Å². The van der Waals surface area contributed by atoms with Crippen molar-refractivity contribution in [2.45, 2.75) is 17.3 Å². The normalized spacial score (nSPS) is 19.3. The van der Waals surface area contributed by atoms with Crippen LogP contribution in [0.15, 0.2) is 28.7 Å². The van der Waals surface area contributed by atoms with Gasteiger partial charge < -0.3 is 4.90 Å². The van der Waals surface area contributed by atoms with Gasteiger partial charge >= 0.3 is 0 Å². The monoisotopic (exact) mass is 493 g/mol. The summed E-state index contributed by atoms with van der Waals surface area (Å²) in [7, 11) is 0. The number of benzene rings is 1. The molecule has 0 aliphatic carbocycles. The van der Waals surface area contributed by atoms with Crippen molar-refractivity contribution in [1.29, 1.82) is 0 Å². The van der Waals surface area contributed by atoms with Crippen molar-refractivity contribution < 1.29 is 37.5 Å². The Balaban J connectivity index is 0.00000162. The number of nitrogens with zero attached hydrogens (tertiary/aromatic N) is 1. The predicted molar refractivity (Wildman–Crippen MR) is 80.6 cm³/mol. The molecule has 1 radical (unpaired) electrons. The fraction of sp³-hybridized carbons (Fsp3) is 0.308. The Hall–Kier alpha value is 0.744. The molecule has 1 unspecified atom stereocenters. The van der Waals surface area contributed by atoms with E-state index in [9.17, 15) is 4.79 Å². The van der Waals surface area contributed by atoms with Crippen LogP contribution in [0.4, 0.5) is 0 Å². The van der Waals surface area contributed by atoms with E-state index in [1.807, 2.05) is 31.2 Å². The quantitative estimate of drug-likeness (QED) is 0.350. The number of allylic oxidation sites excluding steroid dienone is 1. The van der Waals surface area contributed by atoms with Gasteiger partial charge in [-0.2, -0.15) is 0 Å². The Morgan fingerprint density at radius 1 is 1.50 bits per heavy atom. The first-order valence-electron chi connectivity index (χ1n) is 5.46. The molecule has 0 fully saturated rings. The number of hydrogen-bond acceptors (Lipinski definition) is 1. The number of hydrogen-bond donors (Lipinski definition) is 0. The van der Waals surface area contributed by atoms with Gasteiger partial charge in [-0.3, -0.25) is 4.79 Å². The van der Waals surface area contributed by atoms with Crippen LogP contribution in [0.3, 0.4) is 0 Å². The fourth-order valence-electron chi connectivity index (χ4n) is 1.86. The Kier molecular flexibility index (Phi) is 7.00. The summed E-state index contributed by atoms with van der Waals surface area (Å²) in [5.74, 6) is 0.178. The Morgan fingerprint density at radius 3 is 2.78 bits per heavy atom. The standard InChI is InChI=1S/C13H12BrINO.Y/c1-2-16-12(8-7-11(15)13(16)17)9-5-3-4-6-10(9)14;/h3-6,11H,2,7H2,1H3;/q-1;. The van der Waals surface area contributed by atoms with Gasteiger partial charge in [0.2, 0.25) is 5.91 Å². The summed E-state index contributed by atoms with van der Waals surface area (Å²) >= 11 is 5.70. The average Bonchev–Trinajstić information content (AvgIpc) is 2.33. The van der Waals surface area contributed by atoms with Crippen LogP contribution in [0.25, 0.3) is 5.70 Å². The number of amides is 1. The van der Waals surface area contributed by atoms with Crippen molar-refractivity contribution in [2.24, 2.45) is 0 Å². The molecule has 1 aromatic carbocycles. The van der Waals surface area contributed by atoms with Crippen LogP contribution in [0.1, 0.15) is 18.9 Å². The molecule has 18 heavy (non-hydrogen) atoms. The zero-order valence-corrected chi connectivity index (χ0v) is 16.6. The van der Waals surface area contributed by atoms with Crippen LogP contribution in [0.2, 0.25) is 0 Å². The molecule has 0 aromatic heterocycles. The van der Waals surface area contributed by atoms with Gasteiger partial charge in [0.15, 0.2) is 0 Å². The second-order valence-corrected chi connectivity index (χ2v) is 6.12. The fourth-order valence-corrected chi connectivity index (χ4v) is 2.89. The summed E-state index contributed by atoms with van der Waals surface area (Å²) in [6.07, 6.45) is 4.03. The molecule has 5 heteroatoms. The molecular formula is C13H12BrINOY-. The molecular weight excluding hydrogens is 482 g/mol. The van der Waals surface area contributed by atoms with Gasteiger partial charge in [0.1, 0.15) is 0 Å². The van der Waals surface area contributed by atoms with Crippen LogP contribution < -0.4 is 0 Å². The predicted octanol–water partition coefficient (Wildman–Crippen LogP) is 3.65. The van der Waals surface area contributed by atoms with Crippen LogP contribution >= 0.6 is 38.5 Å². The van der Waals surface area contributed by atoms with Crippen LogP contribution in [-0.4, -0.2) is 21.3 Å². The van der Waals surface area contributed by atoms with E-state index in [2.05, 4.69) is 44.6 Å². The first-order chi connectivity index (χ1) is 8.15. The van der Waals surface area contributed by atoms with E-state index in [1.165, 1.54) is 0 Å². The summed E-state index contributed by atoms with van der Waals surface area (Å²) in [5, 5.41) is 0. The Morgan fingerprint density at radius 2 is 2.17 bits per heavy atom. The van der Waals surface area contributed by atoms with Crippen molar-refractivity contribution in [1.82, 2.24) is 4.90 Å². The van der Waals surface area contributed by atoms with Gasteiger partial charge in [0.25, 0.3) is 0 Å². The minimum absolute atomic E-state index is 0. The van der Waals surface area contributed by atoms with Crippen molar-refractivity contribution in [3.63, 3.8) is 0 Å². The third-order valence-corrected chi connectivity index (χ3v) is 4.36. The van der Waals surface area contributed by atoms with Gasteiger partial charge in [-0.15, -0.1) is 17.3 Å². The van der Waals surface area contributed by atoms with Crippen molar-refractivity contribution in [3.8, 4) is 0 Å². The molecule has 1 aliphatic rings. The molecule has 2 rings (SSSR count). The molecule has 2 nitrogen and oxygen atoms in total. The van der Waals surface area contributed by atoms with E-state index in [1.54, 1.807) is 4.90 Å². The van der Waals surface area contributed by atoms with Gasteiger partial charge in [0, 0.05) is 39.3 Å². The summed E-state index contributed by atoms with van der Waals surface area (Å²) in [6.45, 7) is 2.67. The molecule has 0 N–H and O–H groups in total. The molecule has 1 amide bonds. The van der Waals surface area contributed by atoms with Crippen molar-refractivity contribution in [3.05, 3.63) is 40.4 Å². The van der Waals surface area contributed by atoms with Gasteiger partial charge in [-0.25, -0.2) is 6.08 Å². The number of rotatable bonds is 2. The molecule has 1 aromatic rings. The Labute approximate surface area is 155 Å². The molecule has 1 aliphatic heterocycles. The van der Waals surface area contributed by atoms with Gasteiger partial charge in [0.05, 0.1) is 3.92 Å². The van der Waals surface area contributed by atoms with Gasteiger partial charge in [-0.05, 0) is 6.92 Å². The molecule has 1 heterocycles. The zero-order chi connectivity index (χ0) is 12.4. The summed E-state index contributed by atoms with van der Waals surface area (Å²) in [6, 6.07) is 7.94. The minimum Gasteiger partial charge on any atom is -0.347 e. The van der Waals surface area contributed by atoms with E-state index in [0.717, 1.165) is 15.7 Å². The van der Waals surface area contributed by atoms with E-state index >= 15 is 0 Å². The molecule has 0 saturated carbocycles. The SMILES string of the molecule is CCN1C(=O)C(I)C[C-]=C1c1ccccc1Br.[Y]. The average molecular weight is 494 g/mol. The molecule has 1 atom stereocenters. The summed E-state index contributed by atoms with van der Waals surface area (Å²) in [5.41, 5.74) is 1.93. The van der Waals surface area contributed by atoms with Crippen LogP contribution in [0.5, 0.6) is 0 Å². The summed E-state index contributed by atoms with van der Waals surface area (Å²) < 4.78 is 1.01. The van der Waals surface area contributed by atoms with E-state index in [-0.39, 0.29) is 42.5 Å². The maximum atomic E-state index is 12.1. The number of carbonyl (C=O) groups excluding carboxylic acids is 1.